The van der Waals surface area contributed by atoms with Gasteiger partial charge < -0.3 is 20.3 Å². The molecule has 0 heterocycles. The summed E-state index contributed by atoms with van der Waals surface area (Å²) in [6, 6.07) is 0.0457. The summed E-state index contributed by atoms with van der Waals surface area (Å²) in [5.41, 5.74) is 0. The van der Waals surface area contributed by atoms with Gasteiger partial charge in [-0.05, 0) is 24.7 Å². The molecule has 1 saturated carbocycles. The average molecular weight is 273 g/mol. The van der Waals surface area contributed by atoms with Crippen LogP contribution in [0.4, 0.5) is 0 Å². The zero-order chi connectivity index (χ0) is 14.3. The Morgan fingerprint density at radius 1 is 1.32 bits per heavy atom. The van der Waals surface area contributed by atoms with E-state index in [0.717, 1.165) is 18.8 Å². The van der Waals surface area contributed by atoms with Crippen molar-refractivity contribution >= 4 is 0 Å². The lowest BCUT2D eigenvalue weighted by Crippen LogP contribution is -2.42. The maximum absolute atomic E-state index is 9.90. The van der Waals surface area contributed by atoms with Gasteiger partial charge in [0.05, 0.1) is 25.4 Å². The molecule has 4 atom stereocenters. The normalized spacial score (nSPS) is 27.5. The first-order valence-electron chi connectivity index (χ1n) is 7.66. The molecule has 1 fully saturated rings. The highest BCUT2D eigenvalue weighted by molar-refractivity contribution is 4.73. The maximum Gasteiger partial charge on any atom is 0.0897 e. The Labute approximate surface area is 117 Å². The molecule has 4 unspecified atom stereocenters. The van der Waals surface area contributed by atoms with E-state index < -0.39 is 6.10 Å². The summed E-state index contributed by atoms with van der Waals surface area (Å²) in [7, 11) is 0. The molecular weight excluding hydrogens is 242 g/mol. The van der Waals surface area contributed by atoms with Crippen LogP contribution < -0.4 is 5.32 Å². The third-order valence-electron chi connectivity index (χ3n) is 4.03. The Balaban J connectivity index is 2.15. The van der Waals surface area contributed by atoms with Crippen LogP contribution in [0.3, 0.4) is 0 Å². The second kappa shape index (κ2) is 8.90. The van der Waals surface area contributed by atoms with Crippen LogP contribution in [0.25, 0.3) is 0 Å². The molecule has 0 radical (unpaired) electrons. The van der Waals surface area contributed by atoms with Crippen LogP contribution in [-0.4, -0.2) is 48.2 Å². The first-order valence-corrected chi connectivity index (χ1v) is 7.66. The number of nitrogens with one attached hydrogen (secondary N) is 1. The Bertz CT molecular complexity index is 235. The molecule has 0 aliphatic heterocycles. The van der Waals surface area contributed by atoms with E-state index in [1.54, 1.807) is 0 Å². The quantitative estimate of drug-likeness (QED) is 0.628. The third-order valence-corrected chi connectivity index (χ3v) is 4.03. The summed E-state index contributed by atoms with van der Waals surface area (Å²) in [5.74, 6) is 1.10. The van der Waals surface area contributed by atoms with Crippen LogP contribution in [0.15, 0.2) is 0 Å². The van der Waals surface area contributed by atoms with E-state index in [0.29, 0.717) is 25.2 Å². The summed E-state index contributed by atoms with van der Waals surface area (Å²) < 4.78 is 5.79. The van der Waals surface area contributed by atoms with Crippen LogP contribution in [-0.2, 0) is 4.74 Å². The third kappa shape index (κ3) is 6.70. The van der Waals surface area contributed by atoms with Crippen molar-refractivity contribution in [1.82, 2.24) is 5.32 Å². The largest absolute Gasteiger partial charge is 0.395 e. The molecule has 114 valence electrons. The molecule has 0 aromatic rings. The van der Waals surface area contributed by atoms with Crippen molar-refractivity contribution in [3.63, 3.8) is 0 Å². The molecule has 19 heavy (non-hydrogen) atoms. The molecule has 1 aliphatic carbocycles. The molecule has 0 amide bonds. The van der Waals surface area contributed by atoms with Crippen LogP contribution >= 0.6 is 0 Å². The van der Waals surface area contributed by atoms with Crippen molar-refractivity contribution in [3.05, 3.63) is 0 Å². The van der Waals surface area contributed by atoms with Gasteiger partial charge in [0.15, 0.2) is 0 Å². The Morgan fingerprint density at radius 2 is 2.05 bits per heavy atom. The zero-order valence-electron chi connectivity index (χ0n) is 12.6. The van der Waals surface area contributed by atoms with E-state index in [4.69, 9.17) is 4.74 Å². The molecule has 0 saturated heterocycles. The van der Waals surface area contributed by atoms with Crippen molar-refractivity contribution < 1.29 is 14.9 Å². The molecule has 0 spiro atoms. The lowest BCUT2D eigenvalue weighted by Gasteiger charge is -2.28. The number of aliphatic hydroxyl groups excluding tert-OH is 2. The highest BCUT2D eigenvalue weighted by atomic mass is 16.5. The maximum atomic E-state index is 9.90. The summed E-state index contributed by atoms with van der Waals surface area (Å²) in [4.78, 5) is 0. The fraction of sp³-hybridized carbons (Fsp3) is 1.00. The second-order valence-corrected chi connectivity index (χ2v) is 6.32. The van der Waals surface area contributed by atoms with Crippen molar-refractivity contribution in [2.75, 3.05) is 19.8 Å². The predicted molar refractivity (Wildman–Crippen MR) is 77.1 cm³/mol. The minimum Gasteiger partial charge on any atom is -0.395 e. The van der Waals surface area contributed by atoms with Gasteiger partial charge in [0.2, 0.25) is 0 Å². The van der Waals surface area contributed by atoms with Crippen molar-refractivity contribution in [3.8, 4) is 0 Å². The second-order valence-electron chi connectivity index (χ2n) is 6.32. The minimum atomic E-state index is -0.495. The summed E-state index contributed by atoms with van der Waals surface area (Å²) in [5, 5.41) is 22.3. The molecule has 4 heteroatoms. The summed E-state index contributed by atoms with van der Waals surface area (Å²) in [6.45, 7) is 7.35. The van der Waals surface area contributed by atoms with Gasteiger partial charge in [-0.2, -0.15) is 0 Å². The Hall–Kier alpha value is -0.160. The topological polar surface area (TPSA) is 61.7 Å². The summed E-state index contributed by atoms with van der Waals surface area (Å²) >= 11 is 0. The van der Waals surface area contributed by atoms with Gasteiger partial charge in [-0.1, -0.05) is 33.6 Å². The lowest BCUT2D eigenvalue weighted by molar-refractivity contribution is -0.0319. The fourth-order valence-electron chi connectivity index (χ4n) is 2.63. The van der Waals surface area contributed by atoms with Crippen molar-refractivity contribution in [2.24, 2.45) is 11.8 Å². The lowest BCUT2D eigenvalue weighted by atomic mass is 9.89. The van der Waals surface area contributed by atoms with Crippen LogP contribution in [0.1, 0.15) is 46.5 Å². The zero-order valence-corrected chi connectivity index (χ0v) is 12.6. The van der Waals surface area contributed by atoms with E-state index in [1.165, 1.54) is 12.8 Å². The van der Waals surface area contributed by atoms with Crippen LogP contribution in [0.5, 0.6) is 0 Å². The molecule has 3 N–H and O–H groups in total. The van der Waals surface area contributed by atoms with Crippen molar-refractivity contribution in [1.29, 1.82) is 0 Å². The van der Waals surface area contributed by atoms with E-state index in [9.17, 15) is 10.2 Å². The van der Waals surface area contributed by atoms with Gasteiger partial charge >= 0.3 is 0 Å². The monoisotopic (exact) mass is 273 g/mol. The molecule has 0 bridgehead atoms. The molecule has 1 rings (SSSR count). The van der Waals surface area contributed by atoms with Crippen LogP contribution in [0, 0.1) is 11.8 Å². The van der Waals surface area contributed by atoms with Gasteiger partial charge in [0.1, 0.15) is 0 Å². The number of ether oxygens (including phenoxy) is 1. The number of rotatable bonds is 8. The van der Waals surface area contributed by atoms with E-state index in [2.05, 4.69) is 26.1 Å². The number of hydrogen-bond acceptors (Lipinski definition) is 4. The van der Waals surface area contributed by atoms with E-state index >= 15 is 0 Å². The Morgan fingerprint density at radius 3 is 2.63 bits per heavy atom. The highest BCUT2D eigenvalue weighted by Gasteiger charge is 2.20. The SMILES string of the molecule is CC1CCCC(OCC(O)CNC(CO)C(C)C)C1. The van der Waals surface area contributed by atoms with Gasteiger partial charge in [-0.3, -0.25) is 0 Å². The molecule has 0 aromatic carbocycles. The van der Waals surface area contributed by atoms with E-state index in [-0.39, 0.29) is 12.6 Å². The summed E-state index contributed by atoms with van der Waals surface area (Å²) in [6.07, 6.45) is 4.60. The highest BCUT2D eigenvalue weighted by Crippen LogP contribution is 2.25. The minimum absolute atomic E-state index is 0.0457. The first kappa shape index (κ1) is 16.9. The molecule has 1 aliphatic rings. The molecule has 4 nitrogen and oxygen atoms in total. The fourth-order valence-corrected chi connectivity index (χ4v) is 2.63. The predicted octanol–water partition coefficient (Wildman–Crippen LogP) is 1.55. The smallest absolute Gasteiger partial charge is 0.0897 e. The van der Waals surface area contributed by atoms with Crippen LogP contribution in [0.2, 0.25) is 0 Å². The van der Waals surface area contributed by atoms with E-state index in [1.807, 2.05) is 0 Å². The molecule has 0 aromatic heterocycles. The van der Waals surface area contributed by atoms with Gasteiger partial charge in [0.25, 0.3) is 0 Å². The van der Waals surface area contributed by atoms with Gasteiger partial charge in [-0.25, -0.2) is 0 Å². The number of hydrogen-bond donors (Lipinski definition) is 3. The standard InChI is InChI=1S/C15H31NO3/c1-11(2)15(9-17)16-8-13(18)10-19-14-6-4-5-12(3)7-14/h11-18H,4-10H2,1-3H3. The van der Waals surface area contributed by atoms with Gasteiger partial charge in [0, 0.05) is 12.6 Å². The average Bonchev–Trinajstić information content (AvgIpc) is 2.37. The molecular formula is C15H31NO3. The van der Waals surface area contributed by atoms with Crippen molar-refractivity contribution in [2.45, 2.75) is 64.7 Å². The first-order chi connectivity index (χ1) is 9.02. The van der Waals surface area contributed by atoms with Gasteiger partial charge in [-0.15, -0.1) is 0 Å². The Kier molecular flexibility index (Phi) is 7.91. The number of aliphatic hydroxyl groups is 2.